The monoisotopic (exact) mass is 429 g/mol. The number of hydrogen-bond acceptors (Lipinski definition) is 4. The summed E-state index contributed by atoms with van der Waals surface area (Å²) < 4.78 is 5.66. The van der Waals surface area contributed by atoms with Gasteiger partial charge in [-0.05, 0) is 50.2 Å². The molecule has 0 radical (unpaired) electrons. The molecule has 3 rings (SSSR count). The highest BCUT2D eigenvalue weighted by molar-refractivity contribution is 6.30. The standard InChI is InChI=1S/C22H24ClN3O4/c1-14-12-20(27)24-18-6-4-5-7-19(18)26(14)21(28)13-25(3)22(29)15(2)30-17-10-8-16(23)9-11-17/h4-11,14-15H,12-13H2,1-3H3,(H,24,27)/t14-,15+/m1/s1. The van der Waals surface area contributed by atoms with Crippen molar-refractivity contribution >= 4 is 40.7 Å². The number of likely N-dealkylation sites (N-methyl/N-ethyl adjacent to an activating group) is 1. The van der Waals surface area contributed by atoms with E-state index in [1.54, 1.807) is 67.4 Å². The van der Waals surface area contributed by atoms with Gasteiger partial charge < -0.3 is 19.9 Å². The summed E-state index contributed by atoms with van der Waals surface area (Å²) in [7, 11) is 1.56. The van der Waals surface area contributed by atoms with Crippen LogP contribution in [0.25, 0.3) is 0 Å². The van der Waals surface area contributed by atoms with Gasteiger partial charge in [0, 0.05) is 24.5 Å². The molecule has 0 aliphatic carbocycles. The maximum atomic E-state index is 13.1. The van der Waals surface area contributed by atoms with Crippen molar-refractivity contribution in [2.45, 2.75) is 32.4 Å². The Hall–Kier alpha value is -3.06. The Morgan fingerprint density at radius 1 is 1.23 bits per heavy atom. The lowest BCUT2D eigenvalue weighted by atomic mass is 10.1. The van der Waals surface area contributed by atoms with E-state index >= 15 is 0 Å². The number of ether oxygens (including phenoxy) is 1. The molecule has 0 spiro atoms. The van der Waals surface area contributed by atoms with Gasteiger partial charge in [-0.2, -0.15) is 0 Å². The smallest absolute Gasteiger partial charge is 0.263 e. The number of hydrogen-bond donors (Lipinski definition) is 1. The predicted octanol–water partition coefficient (Wildman–Crippen LogP) is 3.33. The second-order valence-electron chi connectivity index (χ2n) is 7.29. The number of benzene rings is 2. The number of fused-ring (bicyclic) bond motifs is 1. The van der Waals surface area contributed by atoms with Gasteiger partial charge in [-0.1, -0.05) is 23.7 Å². The van der Waals surface area contributed by atoms with Gasteiger partial charge in [0.1, 0.15) is 5.75 Å². The molecular formula is C22H24ClN3O4. The second kappa shape index (κ2) is 9.17. The summed E-state index contributed by atoms with van der Waals surface area (Å²) in [5.74, 6) is -0.247. The van der Waals surface area contributed by atoms with Crippen molar-refractivity contribution in [3.05, 3.63) is 53.6 Å². The molecule has 1 aliphatic heterocycles. The number of carbonyl (C=O) groups excluding carboxylic acids is 3. The van der Waals surface area contributed by atoms with Gasteiger partial charge in [0.15, 0.2) is 6.10 Å². The first-order valence-electron chi connectivity index (χ1n) is 9.64. The molecule has 1 aliphatic rings. The molecule has 158 valence electrons. The van der Waals surface area contributed by atoms with Crippen molar-refractivity contribution in [1.29, 1.82) is 0 Å². The molecule has 3 amide bonds. The first-order valence-corrected chi connectivity index (χ1v) is 10.0. The first-order chi connectivity index (χ1) is 14.3. The summed E-state index contributed by atoms with van der Waals surface area (Å²) in [6.45, 7) is 3.30. The van der Waals surface area contributed by atoms with Crippen molar-refractivity contribution in [3.63, 3.8) is 0 Å². The highest BCUT2D eigenvalue weighted by atomic mass is 35.5. The van der Waals surface area contributed by atoms with Gasteiger partial charge in [-0.15, -0.1) is 0 Å². The summed E-state index contributed by atoms with van der Waals surface area (Å²) in [6, 6.07) is 13.5. The molecule has 2 aromatic rings. The molecule has 0 aromatic heterocycles. The lowest BCUT2D eigenvalue weighted by Crippen LogP contribution is -2.47. The molecule has 1 heterocycles. The van der Waals surface area contributed by atoms with Crippen LogP contribution in [0, 0.1) is 0 Å². The van der Waals surface area contributed by atoms with Gasteiger partial charge in [0.05, 0.1) is 17.9 Å². The molecule has 2 aromatic carbocycles. The SMILES string of the molecule is C[C@H](Oc1ccc(Cl)cc1)C(=O)N(C)CC(=O)N1c2ccccc2NC(=O)C[C@H]1C. The summed E-state index contributed by atoms with van der Waals surface area (Å²) in [5, 5.41) is 3.39. The Morgan fingerprint density at radius 3 is 2.60 bits per heavy atom. The number of amides is 3. The molecule has 7 nitrogen and oxygen atoms in total. The number of carbonyl (C=O) groups is 3. The number of anilines is 2. The molecule has 2 atom stereocenters. The molecule has 0 saturated carbocycles. The van der Waals surface area contributed by atoms with Crippen LogP contribution in [0.5, 0.6) is 5.75 Å². The molecule has 0 unspecified atom stereocenters. The Morgan fingerprint density at radius 2 is 1.90 bits per heavy atom. The van der Waals surface area contributed by atoms with E-state index in [0.717, 1.165) is 0 Å². The zero-order valence-corrected chi connectivity index (χ0v) is 17.8. The van der Waals surface area contributed by atoms with E-state index in [9.17, 15) is 14.4 Å². The topological polar surface area (TPSA) is 79.0 Å². The summed E-state index contributed by atoms with van der Waals surface area (Å²) in [6.07, 6.45) is -0.602. The fourth-order valence-electron chi connectivity index (χ4n) is 3.40. The van der Waals surface area contributed by atoms with Crippen molar-refractivity contribution in [1.82, 2.24) is 4.90 Å². The third kappa shape index (κ3) is 4.91. The molecule has 0 fully saturated rings. The lowest BCUT2D eigenvalue weighted by molar-refractivity contribution is -0.139. The van der Waals surface area contributed by atoms with E-state index < -0.39 is 6.10 Å². The lowest BCUT2D eigenvalue weighted by Gasteiger charge is -2.30. The molecular weight excluding hydrogens is 406 g/mol. The third-order valence-corrected chi connectivity index (χ3v) is 5.10. The number of halogens is 1. The van der Waals surface area contributed by atoms with Crippen LogP contribution in [0.3, 0.4) is 0 Å². The van der Waals surface area contributed by atoms with Crippen LogP contribution in [0.1, 0.15) is 20.3 Å². The minimum Gasteiger partial charge on any atom is -0.481 e. The maximum absolute atomic E-state index is 13.1. The van der Waals surface area contributed by atoms with E-state index in [-0.39, 0.29) is 36.7 Å². The molecule has 1 N–H and O–H groups in total. The molecule has 30 heavy (non-hydrogen) atoms. The summed E-state index contributed by atoms with van der Waals surface area (Å²) in [4.78, 5) is 40.8. The second-order valence-corrected chi connectivity index (χ2v) is 7.73. The fraction of sp³-hybridized carbons (Fsp3) is 0.318. The first kappa shape index (κ1) is 21.6. The third-order valence-electron chi connectivity index (χ3n) is 4.85. The van der Waals surface area contributed by atoms with Gasteiger partial charge in [0.2, 0.25) is 11.8 Å². The Balaban J connectivity index is 1.70. The highest BCUT2D eigenvalue weighted by Gasteiger charge is 2.31. The van der Waals surface area contributed by atoms with Crippen LogP contribution in [0.4, 0.5) is 11.4 Å². The zero-order chi connectivity index (χ0) is 21.8. The van der Waals surface area contributed by atoms with Crippen LogP contribution < -0.4 is 15.0 Å². The minimum absolute atomic E-state index is 0.139. The average Bonchev–Trinajstić information content (AvgIpc) is 2.83. The van der Waals surface area contributed by atoms with E-state index in [0.29, 0.717) is 22.1 Å². The largest absolute Gasteiger partial charge is 0.481 e. The average molecular weight is 430 g/mol. The van der Waals surface area contributed by atoms with Crippen LogP contribution >= 0.6 is 11.6 Å². The Kier molecular flexibility index (Phi) is 6.62. The van der Waals surface area contributed by atoms with E-state index in [2.05, 4.69) is 5.32 Å². The maximum Gasteiger partial charge on any atom is 0.263 e. The summed E-state index contributed by atoms with van der Waals surface area (Å²) in [5.41, 5.74) is 1.20. The number of nitrogens with zero attached hydrogens (tertiary/aromatic N) is 2. The van der Waals surface area contributed by atoms with Crippen LogP contribution in [0.15, 0.2) is 48.5 Å². The van der Waals surface area contributed by atoms with Gasteiger partial charge in [-0.25, -0.2) is 0 Å². The van der Waals surface area contributed by atoms with Crippen LogP contribution in [-0.2, 0) is 14.4 Å². The van der Waals surface area contributed by atoms with Crippen molar-refractivity contribution in [2.24, 2.45) is 0 Å². The Labute approximate surface area is 180 Å². The number of nitrogens with one attached hydrogen (secondary N) is 1. The van der Waals surface area contributed by atoms with Crippen LogP contribution in [-0.4, -0.2) is 48.4 Å². The van der Waals surface area contributed by atoms with Gasteiger partial charge in [-0.3, -0.25) is 14.4 Å². The number of para-hydroxylation sites is 2. The quantitative estimate of drug-likeness (QED) is 0.790. The Bertz CT molecular complexity index is 948. The van der Waals surface area contributed by atoms with Crippen molar-refractivity contribution in [3.8, 4) is 5.75 Å². The predicted molar refractivity (Wildman–Crippen MR) is 116 cm³/mol. The van der Waals surface area contributed by atoms with E-state index in [1.165, 1.54) is 4.90 Å². The molecule has 8 heteroatoms. The molecule has 0 bridgehead atoms. The van der Waals surface area contributed by atoms with Crippen LogP contribution in [0.2, 0.25) is 5.02 Å². The van der Waals surface area contributed by atoms with Crippen molar-refractivity contribution < 1.29 is 19.1 Å². The van der Waals surface area contributed by atoms with Gasteiger partial charge in [0.25, 0.3) is 5.91 Å². The van der Waals surface area contributed by atoms with E-state index in [1.807, 2.05) is 6.92 Å². The number of rotatable bonds is 5. The zero-order valence-electron chi connectivity index (χ0n) is 17.1. The van der Waals surface area contributed by atoms with Crippen molar-refractivity contribution in [2.75, 3.05) is 23.8 Å². The fourth-order valence-corrected chi connectivity index (χ4v) is 3.53. The van der Waals surface area contributed by atoms with E-state index in [4.69, 9.17) is 16.3 Å². The summed E-state index contributed by atoms with van der Waals surface area (Å²) >= 11 is 5.86. The highest BCUT2D eigenvalue weighted by Crippen LogP contribution is 2.31. The minimum atomic E-state index is -0.777. The normalized spacial score (nSPS) is 16.7. The molecule has 0 saturated heterocycles. The van der Waals surface area contributed by atoms with Gasteiger partial charge >= 0.3 is 0 Å².